The summed E-state index contributed by atoms with van der Waals surface area (Å²) in [6.07, 6.45) is 5.01. The van der Waals surface area contributed by atoms with E-state index < -0.39 is 11.6 Å². The van der Waals surface area contributed by atoms with Gasteiger partial charge in [-0.3, -0.25) is 4.39 Å². The summed E-state index contributed by atoms with van der Waals surface area (Å²) in [6.45, 7) is 2.31. The van der Waals surface area contributed by atoms with Crippen LogP contribution >= 0.6 is 0 Å². The average molecular weight is 374 g/mol. The first-order chi connectivity index (χ1) is 10.1. The summed E-state index contributed by atoms with van der Waals surface area (Å²) in [5, 5.41) is 0. The van der Waals surface area contributed by atoms with Gasteiger partial charge in [0.25, 0.3) is 0 Å². The first-order valence-corrected chi connectivity index (χ1v) is 7.61. The second-order valence-electron chi connectivity index (χ2n) is 6.10. The molecule has 0 spiro atoms. The third kappa shape index (κ3) is 3.83. The molecule has 1 saturated carbocycles. The smallest absolute Gasteiger partial charge is 0.0511 e. The maximum Gasteiger partial charge on any atom is 0.0511 e. The third-order valence-electron chi connectivity index (χ3n) is 4.60. The number of hydrogen-bond acceptors (Lipinski definition) is 0. The molecule has 1 radical (unpaired) electrons. The van der Waals surface area contributed by atoms with Crippen LogP contribution in [0.5, 0.6) is 0 Å². The van der Waals surface area contributed by atoms with Crippen molar-refractivity contribution < 1.29 is 41.5 Å². The fourth-order valence-corrected chi connectivity index (χ4v) is 3.20. The van der Waals surface area contributed by atoms with E-state index in [1.54, 1.807) is 6.07 Å². The summed E-state index contributed by atoms with van der Waals surface area (Å²) in [6, 6.07) is 13.1. The van der Waals surface area contributed by atoms with Crippen LogP contribution in [0.4, 0.5) is 8.78 Å². The van der Waals surface area contributed by atoms with Gasteiger partial charge in [-0.15, -0.1) is 6.07 Å². The Morgan fingerprint density at radius 1 is 0.955 bits per heavy atom. The molecule has 0 aromatic heterocycles. The van der Waals surface area contributed by atoms with Gasteiger partial charge < -0.3 is 0 Å². The van der Waals surface area contributed by atoms with Crippen molar-refractivity contribution in [3.8, 4) is 11.1 Å². The molecule has 0 unspecified atom stereocenters. The van der Waals surface area contributed by atoms with Crippen LogP contribution in [0.15, 0.2) is 36.4 Å². The quantitative estimate of drug-likeness (QED) is 0.590. The Hall–Kier alpha value is -0.596. The average Bonchev–Trinajstić information content (AvgIpc) is 2.51. The number of rotatable bonds is 2. The van der Waals surface area contributed by atoms with Crippen molar-refractivity contribution in [2.45, 2.75) is 38.5 Å². The van der Waals surface area contributed by atoms with Crippen LogP contribution in [0.1, 0.15) is 44.1 Å². The van der Waals surface area contributed by atoms with Crippen LogP contribution in [-0.4, -0.2) is 0 Å². The number of halogens is 2. The Kier molecular flexibility index (Phi) is 6.29. The van der Waals surface area contributed by atoms with E-state index in [1.165, 1.54) is 37.3 Å². The first-order valence-electron chi connectivity index (χ1n) is 7.61. The zero-order chi connectivity index (χ0) is 14.8. The molecule has 3 heteroatoms. The summed E-state index contributed by atoms with van der Waals surface area (Å²) in [5.41, 5.74) is 2.33. The van der Waals surface area contributed by atoms with Crippen molar-refractivity contribution in [1.82, 2.24) is 0 Å². The number of hydrogen-bond donors (Lipinski definition) is 0. The summed E-state index contributed by atoms with van der Waals surface area (Å²) in [4.78, 5) is 0. The van der Waals surface area contributed by atoms with Gasteiger partial charge in [-0.2, -0.15) is 12.1 Å². The van der Waals surface area contributed by atoms with Crippen LogP contribution in [0, 0.1) is 23.6 Å². The van der Waals surface area contributed by atoms with Gasteiger partial charge in [0, 0.05) is 38.5 Å². The van der Waals surface area contributed by atoms with Crippen molar-refractivity contribution in [3.05, 3.63) is 59.7 Å². The largest absolute Gasteiger partial charge is 0.281 e. The monoisotopic (exact) mass is 374 g/mol. The van der Waals surface area contributed by atoms with E-state index in [4.69, 9.17) is 0 Å². The molecule has 0 bridgehead atoms. The van der Waals surface area contributed by atoms with Gasteiger partial charge >= 0.3 is 0 Å². The second kappa shape index (κ2) is 7.79. The van der Waals surface area contributed by atoms with Gasteiger partial charge in [-0.1, -0.05) is 49.6 Å². The Bertz CT molecular complexity index is 614. The minimum absolute atomic E-state index is 0. The molecule has 0 saturated heterocycles. The molecule has 0 nitrogen and oxygen atoms in total. The van der Waals surface area contributed by atoms with Crippen molar-refractivity contribution in [2.75, 3.05) is 0 Å². The van der Waals surface area contributed by atoms with Crippen molar-refractivity contribution >= 4 is 0 Å². The van der Waals surface area contributed by atoms with E-state index in [1.807, 2.05) is 12.1 Å². The minimum Gasteiger partial charge on any atom is -0.281 e. The second-order valence-corrected chi connectivity index (χ2v) is 6.10. The van der Waals surface area contributed by atoms with E-state index in [-0.39, 0.29) is 32.7 Å². The van der Waals surface area contributed by atoms with Gasteiger partial charge in [-0.05, 0) is 35.8 Å². The standard InChI is InChI=1S/C19H19F2.Y/c1-13-5-7-14(8-6-13)15-9-11-16(12-10-15)17-3-2-4-18(20)19(17)21;/h2-3,9-14H,5-8H2,1H3;/q-1;. The van der Waals surface area contributed by atoms with Gasteiger partial charge in [0.05, 0.1) is 5.82 Å². The molecule has 2 aromatic rings. The molecule has 1 aliphatic rings. The Balaban J connectivity index is 0.00000176. The Morgan fingerprint density at radius 3 is 2.23 bits per heavy atom. The van der Waals surface area contributed by atoms with Crippen LogP contribution < -0.4 is 0 Å². The predicted molar refractivity (Wildman–Crippen MR) is 81.0 cm³/mol. The third-order valence-corrected chi connectivity index (χ3v) is 4.60. The molecule has 1 fully saturated rings. The summed E-state index contributed by atoms with van der Waals surface area (Å²) in [5.74, 6) is -0.298. The molecule has 0 aliphatic heterocycles. The summed E-state index contributed by atoms with van der Waals surface area (Å²) < 4.78 is 27.0. The zero-order valence-corrected chi connectivity index (χ0v) is 15.6. The molecule has 0 N–H and O–H groups in total. The molecular formula is C19H19F2Y-. The van der Waals surface area contributed by atoms with Crippen molar-refractivity contribution in [2.24, 2.45) is 5.92 Å². The predicted octanol–water partition coefficient (Wildman–Crippen LogP) is 5.72. The van der Waals surface area contributed by atoms with Crippen LogP contribution in [-0.2, 0) is 32.7 Å². The SMILES string of the molecule is CC1CCC(c2ccc(-c3cc[c-]c(F)c3F)cc2)CC1.[Y]. The normalized spacial score (nSPS) is 21.2. The maximum atomic E-state index is 13.8. The van der Waals surface area contributed by atoms with Gasteiger partial charge in [-0.25, -0.2) is 4.39 Å². The van der Waals surface area contributed by atoms with Crippen LogP contribution in [0.3, 0.4) is 0 Å². The molecule has 113 valence electrons. The molecule has 22 heavy (non-hydrogen) atoms. The molecule has 1 aliphatic carbocycles. The fourth-order valence-electron chi connectivity index (χ4n) is 3.20. The topological polar surface area (TPSA) is 0 Å². The minimum atomic E-state index is -0.919. The summed E-state index contributed by atoms with van der Waals surface area (Å²) >= 11 is 0. The molecule has 0 amide bonds. The molecule has 3 rings (SSSR count). The maximum absolute atomic E-state index is 13.8. The summed E-state index contributed by atoms with van der Waals surface area (Å²) in [7, 11) is 0. The van der Waals surface area contributed by atoms with Crippen molar-refractivity contribution in [3.63, 3.8) is 0 Å². The number of benzene rings is 2. The van der Waals surface area contributed by atoms with E-state index in [0.29, 0.717) is 17.0 Å². The van der Waals surface area contributed by atoms with Crippen molar-refractivity contribution in [1.29, 1.82) is 0 Å². The van der Waals surface area contributed by atoms with Crippen LogP contribution in [0.25, 0.3) is 11.1 Å². The van der Waals surface area contributed by atoms with E-state index in [9.17, 15) is 8.78 Å². The van der Waals surface area contributed by atoms with E-state index in [2.05, 4.69) is 25.1 Å². The Labute approximate surface area is 156 Å². The van der Waals surface area contributed by atoms with Crippen LogP contribution in [0.2, 0.25) is 0 Å². The van der Waals surface area contributed by atoms with E-state index in [0.717, 1.165) is 5.92 Å². The molecule has 0 atom stereocenters. The molecule has 0 heterocycles. The van der Waals surface area contributed by atoms with Gasteiger partial charge in [0.1, 0.15) is 0 Å². The molecular weight excluding hydrogens is 355 g/mol. The Morgan fingerprint density at radius 2 is 1.59 bits per heavy atom. The first kappa shape index (κ1) is 17.8. The fraction of sp³-hybridized carbons (Fsp3) is 0.368. The zero-order valence-electron chi connectivity index (χ0n) is 12.8. The van der Waals surface area contributed by atoms with Gasteiger partial charge in [0.15, 0.2) is 0 Å². The molecule has 2 aromatic carbocycles. The van der Waals surface area contributed by atoms with E-state index >= 15 is 0 Å². The van der Waals surface area contributed by atoms with Gasteiger partial charge in [0.2, 0.25) is 0 Å².